The Kier molecular flexibility index (Phi) is 5.74. The number of hydrogen-bond acceptors (Lipinski definition) is 5. The van der Waals surface area contributed by atoms with E-state index in [1.807, 2.05) is 44.2 Å². The Labute approximate surface area is 175 Å². The van der Waals surface area contributed by atoms with Crippen molar-refractivity contribution < 1.29 is 14.3 Å². The summed E-state index contributed by atoms with van der Waals surface area (Å²) in [7, 11) is 0. The molecule has 1 amide bonds. The molecular formula is C24H25N3O3. The highest BCUT2D eigenvalue weighted by atomic mass is 16.5. The van der Waals surface area contributed by atoms with E-state index < -0.39 is 12.1 Å². The van der Waals surface area contributed by atoms with Crippen LogP contribution in [-0.4, -0.2) is 39.8 Å². The van der Waals surface area contributed by atoms with Crippen molar-refractivity contribution in [1.29, 1.82) is 0 Å². The van der Waals surface area contributed by atoms with Crippen LogP contribution in [0.2, 0.25) is 0 Å². The van der Waals surface area contributed by atoms with Gasteiger partial charge in [-0.05, 0) is 51.3 Å². The molecule has 2 aromatic carbocycles. The van der Waals surface area contributed by atoms with E-state index in [2.05, 4.69) is 9.97 Å². The van der Waals surface area contributed by atoms with Crippen molar-refractivity contribution in [3.05, 3.63) is 71.0 Å². The molecule has 1 aromatic heterocycles. The van der Waals surface area contributed by atoms with Crippen LogP contribution < -0.4 is 0 Å². The van der Waals surface area contributed by atoms with Gasteiger partial charge in [-0.2, -0.15) is 0 Å². The molecule has 6 nitrogen and oxygen atoms in total. The number of nitrogens with zero attached hydrogens (tertiary/aromatic N) is 3. The molecule has 0 saturated carbocycles. The van der Waals surface area contributed by atoms with Gasteiger partial charge in [0.15, 0.2) is 0 Å². The molecule has 1 aliphatic rings. The number of aryl methyl sites for hydroxylation is 2. The van der Waals surface area contributed by atoms with Crippen LogP contribution in [0.1, 0.15) is 52.7 Å². The number of carbonyl (C=O) groups excluding carboxylic acids is 2. The van der Waals surface area contributed by atoms with Gasteiger partial charge in [-0.25, -0.2) is 14.8 Å². The van der Waals surface area contributed by atoms with Gasteiger partial charge in [0, 0.05) is 18.7 Å². The van der Waals surface area contributed by atoms with E-state index in [1.54, 1.807) is 23.1 Å². The fourth-order valence-corrected chi connectivity index (χ4v) is 3.70. The standard InChI is InChI=1S/C24H25N3O3/c1-16-17(2)26-21-15-19(11-12-20(21)25-16)24(29)30-22(18-9-5-3-6-10-18)23(28)27-13-7-4-8-14-27/h3,5-6,9-12,15,22H,4,7-8,13-14H2,1-2H3/t22-/m0/s1. The maximum absolute atomic E-state index is 13.2. The molecule has 30 heavy (non-hydrogen) atoms. The summed E-state index contributed by atoms with van der Waals surface area (Å²) >= 11 is 0. The number of esters is 1. The summed E-state index contributed by atoms with van der Waals surface area (Å²) in [4.78, 5) is 37.0. The molecule has 154 valence electrons. The minimum absolute atomic E-state index is 0.165. The van der Waals surface area contributed by atoms with Crippen LogP contribution in [0, 0.1) is 13.8 Å². The van der Waals surface area contributed by atoms with Gasteiger partial charge in [-0.1, -0.05) is 30.3 Å². The number of carbonyl (C=O) groups is 2. The lowest BCUT2D eigenvalue weighted by Gasteiger charge is -2.30. The van der Waals surface area contributed by atoms with Crippen LogP contribution >= 0.6 is 0 Å². The molecule has 1 aliphatic heterocycles. The van der Waals surface area contributed by atoms with Gasteiger partial charge in [0.25, 0.3) is 5.91 Å². The van der Waals surface area contributed by atoms with Crippen molar-refractivity contribution in [2.24, 2.45) is 0 Å². The Hall–Kier alpha value is -3.28. The maximum Gasteiger partial charge on any atom is 0.339 e. The highest BCUT2D eigenvalue weighted by molar-refractivity contribution is 5.95. The van der Waals surface area contributed by atoms with Gasteiger partial charge in [0.1, 0.15) is 0 Å². The Morgan fingerprint density at radius 3 is 2.27 bits per heavy atom. The van der Waals surface area contributed by atoms with Crippen LogP contribution in [-0.2, 0) is 9.53 Å². The van der Waals surface area contributed by atoms with Crippen molar-refractivity contribution in [2.75, 3.05) is 13.1 Å². The van der Waals surface area contributed by atoms with E-state index in [0.717, 1.165) is 36.2 Å². The summed E-state index contributed by atoms with van der Waals surface area (Å²) in [6.45, 7) is 5.18. The van der Waals surface area contributed by atoms with Gasteiger partial charge in [-0.3, -0.25) is 4.79 Å². The molecule has 6 heteroatoms. The number of fused-ring (bicyclic) bond motifs is 1. The zero-order valence-corrected chi connectivity index (χ0v) is 17.3. The zero-order chi connectivity index (χ0) is 21.1. The number of benzene rings is 2. The molecular weight excluding hydrogens is 378 g/mol. The van der Waals surface area contributed by atoms with Crippen molar-refractivity contribution in [3.8, 4) is 0 Å². The lowest BCUT2D eigenvalue weighted by Crippen LogP contribution is -2.40. The summed E-state index contributed by atoms with van der Waals surface area (Å²) in [6, 6.07) is 14.3. The first kappa shape index (κ1) is 20.0. The minimum Gasteiger partial charge on any atom is -0.444 e. The molecule has 1 fully saturated rings. The molecule has 3 aromatic rings. The molecule has 1 saturated heterocycles. The average Bonchev–Trinajstić information content (AvgIpc) is 2.78. The topological polar surface area (TPSA) is 72.4 Å². The lowest BCUT2D eigenvalue weighted by atomic mass is 10.1. The van der Waals surface area contributed by atoms with E-state index in [1.165, 1.54) is 0 Å². The fourth-order valence-electron chi connectivity index (χ4n) is 3.70. The Morgan fingerprint density at radius 1 is 0.900 bits per heavy atom. The van der Waals surface area contributed by atoms with Crippen molar-refractivity contribution >= 4 is 22.9 Å². The molecule has 1 atom stereocenters. The molecule has 0 spiro atoms. The number of rotatable bonds is 4. The van der Waals surface area contributed by atoms with Crippen LogP contribution in [0.5, 0.6) is 0 Å². The second-order valence-electron chi connectivity index (χ2n) is 7.68. The van der Waals surface area contributed by atoms with Gasteiger partial charge in [0.2, 0.25) is 6.10 Å². The number of likely N-dealkylation sites (tertiary alicyclic amines) is 1. The van der Waals surface area contributed by atoms with Crippen molar-refractivity contribution in [2.45, 2.75) is 39.2 Å². The Morgan fingerprint density at radius 2 is 1.57 bits per heavy atom. The third kappa shape index (κ3) is 4.17. The zero-order valence-electron chi connectivity index (χ0n) is 17.3. The quantitative estimate of drug-likeness (QED) is 0.612. The van der Waals surface area contributed by atoms with Crippen molar-refractivity contribution in [3.63, 3.8) is 0 Å². The van der Waals surface area contributed by atoms with E-state index >= 15 is 0 Å². The van der Waals surface area contributed by atoms with Gasteiger partial charge >= 0.3 is 5.97 Å². The molecule has 2 heterocycles. The van der Waals surface area contributed by atoms with Gasteiger partial charge in [-0.15, -0.1) is 0 Å². The average molecular weight is 403 g/mol. The van der Waals surface area contributed by atoms with E-state index in [-0.39, 0.29) is 5.91 Å². The van der Waals surface area contributed by atoms with E-state index in [0.29, 0.717) is 29.7 Å². The van der Waals surface area contributed by atoms with Crippen LogP contribution in [0.25, 0.3) is 11.0 Å². The minimum atomic E-state index is -0.960. The summed E-state index contributed by atoms with van der Waals surface area (Å²) in [5.74, 6) is -0.711. The largest absolute Gasteiger partial charge is 0.444 e. The predicted octanol–water partition coefficient (Wildman–Crippen LogP) is 4.16. The number of ether oxygens (including phenoxy) is 1. The molecule has 0 bridgehead atoms. The van der Waals surface area contributed by atoms with Crippen molar-refractivity contribution in [1.82, 2.24) is 14.9 Å². The smallest absolute Gasteiger partial charge is 0.339 e. The third-order valence-corrected chi connectivity index (χ3v) is 5.53. The highest BCUT2D eigenvalue weighted by Gasteiger charge is 2.30. The maximum atomic E-state index is 13.2. The SMILES string of the molecule is Cc1nc2ccc(C(=O)O[C@H](C(=O)N3CCCCC3)c3ccccc3)cc2nc1C. The van der Waals surface area contributed by atoms with Gasteiger partial charge in [0.05, 0.1) is 28.0 Å². The first-order valence-electron chi connectivity index (χ1n) is 10.3. The summed E-state index contributed by atoms with van der Waals surface area (Å²) in [5.41, 5.74) is 4.05. The van der Waals surface area contributed by atoms with E-state index in [4.69, 9.17) is 4.74 Å². The van der Waals surface area contributed by atoms with Crippen LogP contribution in [0.4, 0.5) is 0 Å². The Balaban J connectivity index is 1.62. The molecule has 0 unspecified atom stereocenters. The monoisotopic (exact) mass is 403 g/mol. The molecule has 0 N–H and O–H groups in total. The molecule has 0 radical (unpaired) electrons. The number of aromatic nitrogens is 2. The molecule has 4 rings (SSSR count). The summed E-state index contributed by atoms with van der Waals surface area (Å²) in [5, 5.41) is 0. The van der Waals surface area contributed by atoms with E-state index in [9.17, 15) is 9.59 Å². The second-order valence-corrected chi connectivity index (χ2v) is 7.68. The fraction of sp³-hybridized carbons (Fsp3) is 0.333. The Bertz CT molecular complexity index is 1080. The first-order chi connectivity index (χ1) is 14.5. The van der Waals surface area contributed by atoms with Crippen LogP contribution in [0.3, 0.4) is 0 Å². The third-order valence-electron chi connectivity index (χ3n) is 5.53. The van der Waals surface area contributed by atoms with Gasteiger partial charge < -0.3 is 9.64 Å². The second kappa shape index (κ2) is 8.61. The summed E-state index contributed by atoms with van der Waals surface area (Å²) in [6.07, 6.45) is 2.11. The normalized spacial score (nSPS) is 15.1. The lowest BCUT2D eigenvalue weighted by molar-refractivity contribution is -0.142. The summed E-state index contributed by atoms with van der Waals surface area (Å²) < 4.78 is 5.76. The number of piperidine rings is 1. The predicted molar refractivity (Wildman–Crippen MR) is 114 cm³/mol. The first-order valence-corrected chi connectivity index (χ1v) is 10.3. The number of hydrogen-bond donors (Lipinski definition) is 0. The highest BCUT2D eigenvalue weighted by Crippen LogP contribution is 2.25. The molecule has 0 aliphatic carbocycles. The van der Waals surface area contributed by atoms with Crippen LogP contribution in [0.15, 0.2) is 48.5 Å². The number of amides is 1.